The maximum Gasteiger partial charge on any atom is 0.494 e. The Bertz CT molecular complexity index is 1410. The molecule has 1 aromatic heterocycles. The summed E-state index contributed by atoms with van der Waals surface area (Å²) in [4.78, 5) is 9.07. The highest BCUT2D eigenvalue weighted by atomic mass is 79.9. The van der Waals surface area contributed by atoms with Gasteiger partial charge in [-0.05, 0) is 90.6 Å². The van der Waals surface area contributed by atoms with E-state index in [1.165, 1.54) is 0 Å². The van der Waals surface area contributed by atoms with E-state index in [1.807, 2.05) is 76.2 Å². The standard InChI is InChI=1S/C16H22BN3O3.C14H20BBrO3.C3H4N2/c1-15(2)16(3,4)23-17(22-15)13-5-7-14(8-6-13)21-12-11-20-18-9-10-19-20;1-13(2)14(3,4)19-15(18-13)11-5-7-12(8-6-11)17-10-9-16;1-2-5-3-4-1/h5-10H,11-12H2,1-4H3;5-8H,9-10H2,1-4H3;1-2H,3H2. The first-order chi connectivity index (χ1) is 22.2. The molecule has 3 aromatic rings. The number of aromatic nitrogens is 3. The smallest absolute Gasteiger partial charge is 0.493 e. The van der Waals surface area contributed by atoms with Crippen LogP contribution in [-0.2, 0) is 25.2 Å². The molecule has 3 aliphatic heterocycles. The molecule has 3 aliphatic rings. The molecule has 0 radical (unpaired) electrons. The van der Waals surface area contributed by atoms with Gasteiger partial charge in [0.1, 0.15) is 24.8 Å². The Balaban J connectivity index is 0.000000187. The molecule has 2 aromatic carbocycles. The van der Waals surface area contributed by atoms with Crippen LogP contribution >= 0.6 is 15.9 Å². The molecule has 47 heavy (non-hydrogen) atoms. The molecule has 0 aliphatic carbocycles. The van der Waals surface area contributed by atoms with Crippen molar-refractivity contribution in [1.29, 1.82) is 0 Å². The lowest BCUT2D eigenvalue weighted by molar-refractivity contribution is 0.00578. The van der Waals surface area contributed by atoms with E-state index in [2.05, 4.69) is 63.8 Å². The minimum atomic E-state index is -0.345. The molecule has 0 amide bonds. The number of hydrogen-bond acceptors (Lipinski definition) is 10. The van der Waals surface area contributed by atoms with E-state index in [-0.39, 0.29) is 36.6 Å². The lowest BCUT2D eigenvalue weighted by Crippen LogP contribution is -2.41. The van der Waals surface area contributed by atoms with Crippen molar-refractivity contribution in [1.82, 2.24) is 15.0 Å². The van der Waals surface area contributed by atoms with Crippen LogP contribution < -0.4 is 20.4 Å². The van der Waals surface area contributed by atoms with Gasteiger partial charge in [0, 0.05) is 17.8 Å². The summed E-state index contributed by atoms with van der Waals surface area (Å²) in [6, 6.07) is 15.7. The largest absolute Gasteiger partial charge is 0.494 e. The van der Waals surface area contributed by atoms with Crippen LogP contribution in [0.2, 0.25) is 0 Å². The zero-order valence-corrected chi connectivity index (χ0v) is 30.3. The SMILES string of the molecule is C1=NCN=C1.CC1(C)OB(c2ccc(OCCBr)cc2)OC1(C)C.CC1(C)OB(c2ccc(OCCn3nccn3)cc2)OC1(C)C. The van der Waals surface area contributed by atoms with E-state index >= 15 is 0 Å². The van der Waals surface area contributed by atoms with Crippen LogP contribution in [0.4, 0.5) is 0 Å². The summed E-state index contributed by atoms with van der Waals surface area (Å²) in [5.41, 5.74) is 0.744. The van der Waals surface area contributed by atoms with E-state index in [0.717, 1.165) is 27.8 Å². The number of rotatable bonds is 9. The van der Waals surface area contributed by atoms with Gasteiger partial charge in [-0.25, -0.2) is 0 Å². The third-order valence-electron chi connectivity index (χ3n) is 8.62. The van der Waals surface area contributed by atoms with Crippen LogP contribution in [-0.4, -0.2) is 89.3 Å². The maximum absolute atomic E-state index is 6.04. The Kier molecular flexibility index (Phi) is 12.5. The van der Waals surface area contributed by atoms with Gasteiger partial charge in [0.2, 0.25) is 0 Å². The van der Waals surface area contributed by atoms with Crippen molar-refractivity contribution in [3.8, 4) is 11.5 Å². The van der Waals surface area contributed by atoms with Gasteiger partial charge < -0.3 is 28.1 Å². The third kappa shape index (κ3) is 9.99. The first-order valence-electron chi connectivity index (χ1n) is 15.8. The lowest BCUT2D eigenvalue weighted by atomic mass is 9.79. The molecule has 6 rings (SSSR count). The van der Waals surface area contributed by atoms with Gasteiger partial charge in [-0.1, -0.05) is 40.2 Å². The highest BCUT2D eigenvalue weighted by Gasteiger charge is 2.52. The Morgan fingerprint density at radius 1 is 0.638 bits per heavy atom. The predicted octanol–water partition coefficient (Wildman–Crippen LogP) is 4.51. The van der Waals surface area contributed by atoms with Crippen molar-refractivity contribution in [3.63, 3.8) is 0 Å². The number of aliphatic imine (C=N–C) groups is 2. The summed E-state index contributed by atoms with van der Waals surface area (Å²) < 4.78 is 35.3. The summed E-state index contributed by atoms with van der Waals surface area (Å²) in [6.07, 6.45) is 6.69. The van der Waals surface area contributed by atoms with Gasteiger partial charge in [0.05, 0.1) is 47.9 Å². The number of halogens is 1. The normalized spacial score (nSPS) is 19.5. The average Bonchev–Trinajstić information content (AvgIpc) is 3.83. The number of benzene rings is 2. The molecular weight excluding hydrogens is 664 g/mol. The second-order valence-corrected chi connectivity index (χ2v) is 13.9. The van der Waals surface area contributed by atoms with E-state index < -0.39 is 0 Å². The summed E-state index contributed by atoms with van der Waals surface area (Å²) in [5.74, 6) is 1.66. The average molecular weight is 710 g/mol. The molecule has 14 heteroatoms. The van der Waals surface area contributed by atoms with Crippen LogP contribution in [0, 0.1) is 0 Å². The van der Waals surface area contributed by atoms with Gasteiger partial charge in [0.25, 0.3) is 0 Å². The first kappa shape index (κ1) is 36.8. The van der Waals surface area contributed by atoms with E-state index in [0.29, 0.717) is 26.4 Å². The van der Waals surface area contributed by atoms with Crippen molar-refractivity contribution in [2.45, 2.75) is 84.3 Å². The minimum absolute atomic E-state index is 0.303. The number of alkyl halides is 1. The molecule has 11 nitrogen and oxygen atoms in total. The number of ether oxygens (including phenoxy) is 2. The lowest BCUT2D eigenvalue weighted by Gasteiger charge is -2.32. The Morgan fingerprint density at radius 2 is 1.02 bits per heavy atom. The molecule has 0 saturated carbocycles. The van der Waals surface area contributed by atoms with Crippen molar-refractivity contribution >= 4 is 53.5 Å². The Morgan fingerprint density at radius 3 is 1.36 bits per heavy atom. The highest BCUT2D eigenvalue weighted by molar-refractivity contribution is 9.09. The van der Waals surface area contributed by atoms with Gasteiger partial charge in [-0.3, -0.25) is 9.98 Å². The molecular formula is C33H46B2BrN5O6. The monoisotopic (exact) mass is 709 g/mol. The van der Waals surface area contributed by atoms with E-state index in [9.17, 15) is 0 Å². The Labute approximate surface area is 287 Å². The van der Waals surface area contributed by atoms with Crippen LogP contribution in [0.1, 0.15) is 55.4 Å². The van der Waals surface area contributed by atoms with Gasteiger partial charge in [-0.15, -0.1) is 0 Å². The zero-order chi connectivity index (χ0) is 34.1. The highest BCUT2D eigenvalue weighted by Crippen LogP contribution is 2.37. The number of hydrogen-bond donors (Lipinski definition) is 0. The first-order valence-corrected chi connectivity index (χ1v) is 16.9. The molecule has 0 spiro atoms. The number of nitrogens with zero attached hydrogens (tertiary/aromatic N) is 5. The fraction of sp³-hybridized carbons (Fsp3) is 0.515. The topological polar surface area (TPSA) is 111 Å². The minimum Gasteiger partial charge on any atom is -0.493 e. The Hall–Kier alpha value is -3.03. The van der Waals surface area contributed by atoms with Gasteiger partial charge in [0.15, 0.2) is 0 Å². The second-order valence-electron chi connectivity index (χ2n) is 13.1. The van der Waals surface area contributed by atoms with Gasteiger partial charge >= 0.3 is 14.2 Å². The van der Waals surface area contributed by atoms with Crippen LogP contribution in [0.5, 0.6) is 11.5 Å². The molecule has 0 unspecified atom stereocenters. The molecule has 0 atom stereocenters. The predicted molar refractivity (Wildman–Crippen MR) is 191 cm³/mol. The fourth-order valence-corrected chi connectivity index (χ4v) is 4.56. The molecule has 0 bridgehead atoms. The summed E-state index contributed by atoms with van der Waals surface area (Å²) in [7, 11) is -0.655. The van der Waals surface area contributed by atoms with Crippen LogP contribution in [0.3, 0.4) is 0 Å². The molecule has 0 N–H and O–H groups in total. The summed E-state index contributed by atoms with van der Waals surface area (Å²) >= 11 is 3.34. The second kappa shape index (κ2) is 15.9. The maximum atomic E-state index is 6.04. The quantitative estimate of drug-likeness (QED) is 0.236. The van der Waals surface area contributed by atoms with E-state index in [4.69, 9.17) is 28.1 Å². The third-order valence-corrected chi connectivity index (χ3v) is 8.95. The molecule has 2 saturated heterocycles. The van der Waals surface area contributed by atoms with Crippen molar-refractivity contribution in [2.24, 2.45) is 9.98 Å². The fourth-order valence-electron chi connectivity index (χ4n) is 4.40. The van der Waals surface area contributed by atoms with Crippen LogP contribution in [0.25, 0.3) is 0 Å². The molecule has 2 fully saturated rings. The summed E-state index contributed by atoms with van der Waals surface area (Å²) in [6.45, 7) is 18.9. The van der Waals surface area contributed by atoms with Crippen LogP contribution in [0.15, 0.2) is 70.9 Å². The molecule has 252 valence electrons. The van der Waals surface area contributed by atoms with E-state index in [1.54, 1.807) is 29.6 Å². The summed E-state index contributed by atoms with van der Waals surface area (Å²) in [5, 5.41) is 8.89. The van der Waals surface area contributed by atoms with Gasteiger partial charge in [-0.2, -0.15) is 15.0 Å². The van der Waals surface area contributed by atoms with Crippen molar-refractivity contribution in [2.75, 3.05) is 25.2 Å². The molecule has 4 heterocycles. The van der Waals surface area contributed by atoms with Crippen molar-refractivity contribution in [3.05, 3.63) is 60.9 Å². The zero-order valence-electron chi connectivity index (χ0n) is 28.7. The van der Waals surface area contributed by atoms with Crippen molar-refractivity contribution < 1.29 is 28.1 Å².